The van der Waals surface area contributed by atoms with Gasteiger partial charge in [-0.1, -0.05) is 30.3 Å². The lowest BCUT2D eigenvalue weighted by molar-refractivity contribution is 0.205. The minimum atomic E-state index is -3.16. The quantitative estimate of drug-likeness (QED) is 0.581. The normalized spacial score (nSPS) is 23.7. The molecule has 2 amide bonds. The summed E-state index contributed by atoms with van der Waals surface area (Å²) < 4.78 is 24.7. The number of sulfone groups is 1. The number of thioether (sulfide) groups is 1. The summed E-state index contributed by atoms with van der Waals surface area (Å²) in [5, 5.41) is 0. The molecule has 2 aliphatic rings. The van der Waals surface area contributed by atoms with Crippen molar-refractivity contribution in [3.05, 3.63) is 59.7 Å². The minimum absolute atomic E-state index is 0.0250. The molecular formula is C20H22N2O3S2. The molecule has 0 spiro atoms. The highest BCUT2D eigenvalue weighted by atomic mass is 32.2. The molecule has 7 heteroatoms. The van der Waals surface area contributed by atoms with Crippen LogP contribution in [-0.4, -0.2) is 49.2 Å². The van der Waals surface area contributed by atoms with Crippen LogP contribution in [0.5, 0.6) is 0 Å². The molecule has 2 aliphatic heterocycles. The van der Waals surface area contributed by atoms with E-state index >= 15 is 0 Å². The van der Waals surface area contributed by atoms with Crippen LogP contribution in [0.2, 0.25) is 0 Å². The first-order chi connectivity index (χ1) is 12.9. The van der Waals surface area contributed by atoms with E-state index in [4.69, 9.17) is 0 Å². The van der Waals surface area contributed by atoms with E-state index in [2.05, 4.69) is 0 Å². The molecule has 2 aromatic rings. The number of aryl methyl sites for hydroxylation is 1. The third kappa shape index (κ3) is 3.34. The van der Waals surface area contributed by atoms with Crippen LogP contribution in [0.25, 0.3) is 0 Å². The molecule has 0 unspecified atom stereocenters. The number of carbonyl (C=O) groups excluding carboxylic acids is 1. The maximum Gasteiger partial charge on any atom is 0.325 e. The van der Waals surface area contributed by atoms with Gasteiger partial charge in [-0.15, -0.1) is 11.8 Å². The van der Waals surface area contributed by atoms with E-state index in [1.54, 1.807) is 21.6 Å². The first kappa shape index (κ1) is 18.4. The third-order valence-corrected chi connectivity index (χ3v) is 7.83. The van der Waals surface area contributed by atoms with Crippen LogP contribution in [-0.2, 0) is 16.4 Å². The van der Waals surface area contributed by atoms with Gasteiger partial charge in [-0.25, -0.2) is 13.2 Å². The smallest absolute Gasteiger partial charge is 0.314 e. The number of urea groups is 1. The first-order valence-electron chi connectivity index (χ1n) is 8.88. The van der Waals surface area contributed by atoms with Gasteiger partial charge in [0.25, 0.3) is 0 Å². The van der Waals surface area contributed by atoms with Crippen molar-refractivity contribution in [3.63, 3.8) is 0 Å². The average molecular weight is 403 g/mol. The third-order valence-electron chi connectivity index (χ3n) is 5.41. The van der Waals surface area contributed by atoms with E-state index in [1.165, 1.54) is 0 Å². The Morgan fingerprint density at radius 1 is 1.07 bits per heavy atom. The van der Waals surface area contributed by atoms with E-state index in [9.17, 15) is 13.2 Å². The molecule has 2 fully saturated rings. The zero-order chi connectivity index (χ0) is 19.2. The van der Waals surface area contributed by atoms with Crippen LogP contribution >= 0.6 is 11.8 Å². The Morgan fingerprint density at radius 2 is 1.81 bits per heavy atom. The maximum absolute atomic E-state index is 13.3. The molecule has 2 heterocycles. The highest BCUT2D eigenvalue weighted by molar-refractivity contribution is 7.98. The number of carbonyl (C=O) groups is 1. The monoisotopic (exact) mass is 402 g/mol. The van der Waals surface area contributed by atoms with Gasteiger partial charge in [-0.05, 0) is 42.5 Å². The molecule has 0 aromatic heterocycles. The Hall–Kier alpha value is -1.99. The van der Waals surface area contributed by atoms with Crippen LogP contribution in [0.1, 0.15) is 11.1 Å². The molecule has 0 radical (unpaired) electrons. The van der Waals surface area contributed by atoms with Crippen LogP contribution in [0, 0.1) is 6.92 Å². The summed E-state index contributed by atoms with van der Waals surface area (Å²) in [5.74, 6) is 0.0607. The van der Waals surface area contributed by atoms with Gasteiger partial charge in [0.15, 0.2) is 9.84 Å². The second-order valence-electron chi connectivity index (χ2n) is 7.12. The fourth-order valence-electron chi connectivity index (χ4n) is 4.00. The fraction of sp³-hybridized carbons (Fsp3) is 0.350. The van der Waals surface area contributed by atoms with Gasteiger partial charge in [0.2, 0.25) is 0 Å². The van der Waals surface area contributed by atoms with Crippen molar-refractivity contribution in [2.45, 2.75) is 30.4 Å². The summed E-state index contributed by atoms with van der Waals surface area (Å²) >= 11 is 1.60. The number of benzene rings is 2. The van der Waals surface area contributed by atoms with E-state index in [0.717, 1.165) is 21.7 Å². The highest BCUT2D eigenvalue weighted by Gasteiger charge is 2.53. The zero-order valence-electron chi connectivity index (χ0n) is 15.3. The lowest BCUT2D eigenvalue weighted by atomic mass is 10.1. The Bertz CT molecular complexity index is 990. The Balaban J connectivity index is 1.73. The fourth-order valence-corrected chi connectivity index (χ4v) is 6.40. The lowest BCUT2D eigenvalue weighted by Gasteiger charge is -2.23. The molecular weight excluding hydrogens is 380 g/mol. The first-order valence-corrected chi connectivity index (χ1v) is 11.9. The topological polar surface area (TPSA) is 57.7 Å². The summed E-state index contributed by atoms with van der Waals surface area (Å²) in [4.78, 5) is 17.8. The molecule has 0 bridgehead atoms. The number of rotatable bonds is 4. The van der Waals surface area contributed by atoms with Gasteiger partial charge in [-0.2, -0.15) is 0 Å². The summed E-state index contributed by atoms with van der Waals surface area (Å²) in [6.07, 6.45) is 1.98. The van der Waals surface area contributed by atoms with Crippen LogP contribution in [0.15, 0.2) is 53.4 Å². The average Bonchev–Trinajstić information content (AvgIpc) is 3.07. The van der Waals surface area contributed by atoms with Gasteiger partial charge in [0, 0.05) is 17.1 Å². The van der Waals surface area contributed by atoms with Crippen molar-refractivity contribution >= 4 is 33.3 Å². The summed E-state index contributed by atoms with van der Waals surface area (Å²) in [7, 11) is -3.16. The predicted molar refractivity (Wildman–Crippen MR) is 109 cm³/mol. The van der Waals surface area contributed by atoms with Gasteiger partial charge < -0.3 is 4.90 Å². The molecule has 2 saturated heterocycles. The molecule has 4 rings (SSSR count). The van der Waals surface area contributed by atoms with E-state index < -0.39 is 9.84 Å². The number of fused-ring (bicyclic) bond motifs is 1. The zero-order valence-corrected chi connectivity index (χ0v) is 17.0. The predicted octanol–water partition coefficient (Wildman–Crippen LogP) is 3.32. The molecule has 2 aromatic carbocycles. The van der Waals surface area contributed by atoms with Crippen molar-refractivity contribution in [3.8, 4) is 0 Å². The second-order valence-corrected chi connectivity index (χ2v) is 10.2. The number of anilines is 1. The van der Waals surface area contributed by atoms with Crippen molar-refractivity contribution in [1.29, 1.82) is 0 Å². The molecule has 0 N–H and O–H groups in total. The van der Waals surface area contributed by atoms with Gasteiger partial charge in [0.05, 0.1) is 23.6 Å². The molecule has 27 heavy (non-hydrogen) atoms. The van der Waals surface area contributed by atoms with Crippen molar-refractivity contribution in [2.75, 3.05) is 22.7 Å². The Labute approximate surface area is 164 Å². The summed E-state index contributed by atoms with van der Waals surface area (Å²) in [6, 6.07) is 14.9. The van der Waals surface area contributed by atoms with E-state index in [-0.39, 0.29) is 29.6 Å². The summed E-state index contributed by atoms with van der Waals surface area (Å²) in [5.41, 5.74) is 2.92. The van der Waals surface area contributed by atoms with Crippen LogP contribution in [0.4, 0.5) is 10.5 Å². The van der Waals surface area contributed by atoms with Gasteiger partial charge in [0.1, 0.15) is 0 Å². The lowest BCUT2D eigenvalue weighted by Crippen LogP contribution is -2.37. The van der Waals surface area contributed by atoms with Crippen molar-refractivity contribution < 1.29 is 13.2 Å². The standard InChI is InChI=1S/C20H22N2O3S2/c1-14-6-3-4-7-15(14)11-21-18-12-27(24,25)13-19(18)22(20(21)23)16-8-5-9-17(10-16)26-2/h3-10,18-19H,11-13H2,1-2H3/t18-,19-/m0/s1. The molecule has 142 valence electrons. The maximum atomic E-state index is 13.3. The second kappa shape index (κ2) is 6.87. The largest absolute Gasteiger partial charge is 0.325 e. The molecule has 5 nitrogen and oxygen atoms in total. The number of amides is 2. The van der Waals surface area contributed by atoms with E-state index in [1.807, 2.05) is 61.7 Å². The molecule has 0 saturated carbocycles. The van der Waals surface area contributed by atoms with Gasteiger partial charge >= 0.3 is 6.03 Å². The highest BCUT2D eigenvalue weighted by Crippen LogP contribution is 2.37. The number of nitrogens with zero attached hydrogens (tertiary/aromatic N) is 2. The SMILES string of the molecule is CSc1cccc(N2C(=O)N(Cc3ccccc3C)[C@H]3CS(=O)(=O)C[C@@H]32)c1. The van der Waals surface area contributed by atoms with Gasteiger partial charge in [-0.3, -0.25) is 4.90 Å². The van der Waals surface area contributed by atoms with Crippen LogP contribution < -0.4 is 4.90 Å². The number of hydrogen-bond donors (Lipinski definition) is 0. The number of hydrogen-bond acceptors (Lipinski definition) is 4. The minimum Gasteiger partial charge on any atom is -0.314 e. The van der Waals surface area contributed by atoms with E-state index in [0.29, 0.717) is 6.54 Å². The summed E-state index contributed by atoms with van der Waals surface area (Å²) in [6.45, 7) is 2.44. The Kier molecular flexibility index (Phi) is 4.68. The Morgan fingerprint density at radius 3 is 2.56 bits per heavy atom. The van der Waals surface area contributed by atoms with Crippen molar-refractivity contribution in [1.82, 2.24) is 4.90 Å². The molecule has 0 aliphatic carbocycles. The van der Waals surface area contributed by atoms with Crippen molar-refractivity contribution in [2.24, 2.45) is 0 Å². The molecule has 2 atom stereocenters. The van der Waals surface area contributed by atoms with Crippen LogP contribution in [0.3, 0.4) is 0 Å².